The quantitative estimate of drug-likeness (QED) is 0.678. The van der Waals surface area contributed by atoms with Crippen LogP contribution in [0.1, 0.15) is 57.3 Å². The summed E-state index contributed by atoms with van der Waals surface area (Å²) in [4.78, 5) is 24.2. The van der Waals surface area contributed by atoms with Crippen molar-refractivity contribution < 1.29 is 14.3 Å². The van der Waals surface area contributed by atoms with Crippen molar-refractivity contribution in [2.75, 3.05) is 25.1 Å². The zero-order valence-electron chi connectivity index (χ0n) is 15.3. The van der Waals surface area contributed by atoms with Crippen molar-refractivity contribution in [2.45, 2.75) is 47.0 Å². The maximum absolute atomic E-state index is 12.2. The maximum Gasteiger partial charge on any atom is 0.251 e. The van der Waals surface area contributed by atoms with Gasteiger partial charge in [0.2, 0.25) is 5.91 Å². The van der Waals surface area contributed by atoms with Crippen LogP contribution in [0.25, 0.3) is 0 Å². The summed E-state index contributed by atoms with van der Waals surface area (Å²) in [6, 6.07) is 6.97. The van der Waals surface area contributed by atoms with Gasteiger partial charge in [-0.1, -0.05) is 40.2 Å². The van der Waals surface area contributed by atoms with Crippen molar-refractivity contribution in [3.05, 3.63) is 29.8 Å². The molecule has 5 heteroatoms. The molecular weight excluding hydrogens is 304 g/mol. The van der Waals surface area contributed by atoms with Gasteiger partial charge in [-0.2, -0.15) is 0 Å². The number of ether oxygens (including phenoxy) is 1. The lowest BCUT2D eigenvalue weighted by molar-refractivity contribution is -0.123. The number of unbranched alkanes of at least 4 members (excludes halogenated alkanes) is 1. The Morgan fingerprint density at radius 1 is 1.12 bits per heavy atom. The van der Waals surface area contributed by atoms with Crippen LogP contribution in [0.15, 0.2) is 24.3 Å². The summed E-state index contributed by atoms with van der Waals surface area (Å²) in [5.41, 5.74) is 0.690. The Hall–Kier alpha value is -1.88. The molecule has 1 aromatic carbocycles. The number of hydrogen-bond acceptors (Lipinski definition) is 3. The first kappa shape index (κ1) is 20.2. The van der Waals surface area contributed by atoms with Crippen LogP contribution < -0.4 is 10.6 Å². The first-order valence-electron chi connectivity index (χ1n) is 8.62. The summed E-state index contributed by atoms with van der Waals surface area (Å²) in [5.74, 6) is -0.222. The molecule has 134 valence electrons. The van der Waals surface area contributed by atoms with Crippen LogP contribution in [0, 0.1) is 5.41 Å². The van der Waals surface area contributed by atoms with E-state index in [-0.39, 0.29) is 11.8 Å². The number of anilines is 1. The minimum Gasteiger partial charge on any atom is -0.381 e. The second kappa shape index (κ2) is 10.1. The Balaban J connectivity index is 2.42. The molecule has 1 rings (SSSR count). The lowest BCUT2D eigenvalue weighted by Crippen LogP contribution is -2.28. The van der Waals surface area contributed by atoms with Gasteiger partial charge in [0.05, 0.1) is 0 Å². The fourth-order valence-electron chi connectivity index (χ4n) is 1.88. The van der Waals surface area contributed by atoms with Crippen LogP contribution in [0.2, 0.25) is 0 Å². The van der Waals surface area contributed by atoms with Gasteiger partial charge in [-0.15, -0.1) is 0 Å². The zero-order chi connectivity index (χ0) is 18.0. The fourth-order valence-corrected chi connectivity index (χ4v) is 1.88. The molecular formula is C19H30N2O3. The lowest BCUT2D eigenvalue weighted by Gasteiger charge is -2.18. The monoisotopic (exact) mass is 334 g/mol. The number of rotatable bonds is 9. The van der Waals surface area contributed by atoms with Crippen molar-refractivity contribution in [3.63, 3.8) is 0 Å². The number of benzene rings is 1. The normalized spacial score (nSPS) is 11.2. The van der Waals surface area contributed by atoms with E-state index in [1.807, 2.05) is 20.8 Å². The summed E-state index contributed by atoms with van der Waals surface area (Å²) in [5, 5.41) is 5.70. The molecule has 0 radical (unpaired) electrons. The minimum absolute atomic E-state index is 0.0794. The molecule has 0 saturated carbocycles. The molecule has 5 nitrogen and oxygen atoms in total. The van der Waals surface area contributed by atoms with E-state index in [1.54, 1.807) is 24.3 Å². The van der Waals surface area contributed by atoms with E-state index in [4.69, 9.17) is 4.74 Å². The molecule has 0 unspecified atom stereocenters. The average Bonchev–Trinajstić information content (AvgIpc) is 2.53. The van der Waals surface area contributed by atoms with Gasteiger partial charge in [-0.25, -0.2) is 0 Å². The number of carbonyl (C=O) groups is 2. The molecule has 0 bridgehead atoms. The molecule has 2 amide bonds. The van der Waals surface area contributed by atoms with Crippen molar-refractivity contribution in [1.82, 2.24) is 5.32 Å². The van der Waals surface area contributed by atoms with Gasteiger partial charge in [-0.05, 0) is 31.0 Å². The van der Waals surface area contributed by atoms with Crippen LogP contribution >= 0.6 is 0 Å². The highest BCUT2D eigenvalue weighted by molar-refractivity contribution is 5.98. The summed E-state index contributed by atoms with van der Waals surface area (Å²) < 4.78 is 5.46. The van der Waals surface area contributed by atoms with E-state index < -0.39 is 5.41 Å². The third kappa shape index (κ3) is 7.59. The van der Waals surface area contributed by atoms with Gasteiger partial charge in [0.1, 0.15) is 0 Å². The summed E-state index contributed by atoms with van der Waals surface area (Å²) >= 11 is 0. The Labute approximate surface area is 145 Å². The topological polar surface area (TPSA) is 67.4 Å². The zero-order valence-corrected chi connectivity index (χ0v) is 15.3. The third-order valence-corrected chi connectivity index (χ3v) is 3.46. The Morgan fingerprint density at radius 2 is 1.83 bits per heavy atom. The van der Waals surface area contributed by atoms with Crippen LogP contribution in [0.3, 0.4) is 0 Å². The molecule has 0 aliphatic rings. The van der Waals surface area contributed by atoms with E-state index in [0.29, 0.717) is 24.4 Å². The Bertz CT molecular complexity index is 536. The lowest BCUT2D eigenvalue weighted by atomic mass is 9.95. The summed E-state index contributed by atoms with van der Waals surface area (Å²) in [7, 11) is 0. The summed E-state index contributed by atoms with van der Waals surface area (Å²) in [6.45, 7) is 9.68. The molecule has 0 fully saturated rings. The molecule has 0 aliphatic carbocycles. The predicted octanol–water partition coefficient (Wildman–Crippen LogP) is 3.61. The molecule has 1 aromatic rings. The van der Waals surface area contributed by atoms with Crippen molar-refractivity contribution in [3.8, 4) is 0 Å². The highest BCUT2D eigenvalue weighted by Gasteiger charge is 2.21. The van der Waals surface area contributed by atoms with Crippen molar-refractivity contribution in [1.29, 1.82) is 0 Å². The van der Waals surface area contributed by atoms with Crippen LogP contribution in [0.5, 0.6) is 0 Å². The van der Waals surface area contributed by atoms with Crippen LogP contribution in [-0.2, 0) is 9.53 Å². The fraction of sp³-hybridized carbons (Fsp3) is 0.579. The van der Waals surface area contributed by atoms with E-state index in [1.165, 1.54) is 0 Å². The van der Waals surface area contributed by atoms with E-state index >= 15 is 0 Å². The molecule has 0 spiro atoms. The molecule has 0 atom stereocenters. The van der Waals surface area contributed by atoms with Gasteiger partial charge >= 0.3 is 0 Å². The number of hydrogen-bond donors (Lipinski definition) is 2. The van der Waals surface area contributed by atoms with Crippen LogP contribution in [-0.4, -0.2) is 31.6 Å². The number of carbonyl (C=O) groups excluding carboxylic acids is 2. The molecule has 0 saturated heterocycles. The molecule has 0 aliphatic heterocycles. The van der Waals surface area contributed by atoms with Crippen molar-refractivity contribution in [2.24, 2.45) is 5.41 Å². The Kier molecular flexibility index (Phi) is 8.47. The largest absolute Gasteiger partial charge is 0.381 e. The highest BCUT2D eigenvalue weighted by atomic mass is 16.5. The molecule has 2 N–H and O–H groups in total. The van der Waals surface area contributed by atoms with Gasteiger partial charge in [0.25, 0.3) is 5.91 Å². The standard InChI is InChI=1S/C19H30N2O3/c1-5-6-12-24-13-8-11-20-17(22)15-9-7-10-16(14-15)21-18(23)19(2,3)4/h7,9-10,14H,5-6,8,11-13H2,1-4H3,(H,20,22)(H,21,23). The van der Waals surface area contributed by atoms with Gasteiger partial charge < -0.3 is 15.4 Å². The summed E-state index contributed by atoms with van der Waals surface area (Å²) in [6.07, 6.45) is 2.98. The number of nitrogens with one attached hydrogen (secondary N) is 2. The molecule has 0 heterocycles. The number of amides is 2. The van der Waals surface area contributed by atoms with E-state index in [9.17, 15) is 9.59 Å². The first-order valence-corrected chi connectivity index (χ1v) is 8.62. The SMILES string of the molecule is CCCCOCCCNC(=O)c1cccc(NC(=O)C(C)(C)C)c1. The van der Waals surface area contributed by atoms with Gasteiger partial charge in [-0.3, -0.25) is 9.59 Å². The first-order chi connectivity index (χ1) is 11.3. The third-order valence-electron chi connectivity index (χ3n) is 3.46. The predicted molar refractivity (Wildman–Crippen MR) is 97.2 cm³/mol. The smallest absolute Gasteiger partial charge is 0.251 e. The van der Waals surface area contributed by atoms with E-state index in [0.717, 1.165) is 25.9 Å². The van der Waals surface area contributed by atoms with Gasteiger partial charge in [0.15, 0.2) is 0 Å². The second-order valence-electron chi connectivity index (χ2n) is 6.86. The van der Waals surface area contributed by atoms with Gasteiger partial charge in [0, 0.05) is 36.4 Å². The molecule has 0 aromatic heterocycles. The minimum atomic E-state index is -0.476. The Morgan fingerprint density at radius 3 is 2.50 bits per heavy atom. The highest BCUT2D eigenvalue weighted by Crippen LogP contribution is 2.18. The average molecular weight is 334 g/mol. The second-order valence-corrected chi connectivity index (χ2v) is 6.86. The molecule has 24 heavy (non-hydrogen) atoms. The maximum atomic E-state index is 12.2. The van der Waals surface area contributed by atoms with Crippen LogP contribution in [0.4, 0.5) is 5.69 Å². The van der Waals surface area contributed by atoms with Crippen molar-refractivity contribution >= 4 is 17.5 Å². The van der Waals surface area contributed by atoms with E-state index in [2.05, 4.69) is 17.6 Å².